The largest absolute Gasteiger partial charge is 0.354 e. The summed E-state index contributed by atoms with van der Waals surface area (Å²) in [5.74, 6) is 1.10. The third-order valence-electron chi connectivity index (χ3n) is 1.76. The maximum atomic E-state index is 2.19. The van der Waals surface area contributed by atoms with Crippen LogP contribution in [0.1, 0.15) is 27.7 Å². The number of thioether (sulfide) groups is 1. The SMILES string of the molecule is CC.CC1=C(C)N(C)C=CCS1. The molecule has 0 fully saturated rings. The lowest BCUT2D eigenvalue weighted by atomic mass is 10.4. The van der Waals surface area contributed by atoms with E-state index in [4.69, 9.17) is 0 Å². The first-order valence-corrected chi connectivity index (χ1v) is 5.40. The fourth-order valence-corrected chi connectivity index (χ4v) is 1.62. The Balaban J connectivity index is 0.000000561. The Bertz CT molecular complexity index is 182. The number of nitrogens with zero attached hydrogens (tertiary/aromatic N) is 1. The molecule has 0 amide bonds. The summed E-state index contributed by atoms with van der Waals surface area (Å²) in [4.78, 5) is 3.59. The molecule has 0 radical (unpaired) electrons. The summed E-state index contributed by atoms with van der Waals surface area (Å²) in [6, 6.07) is 0. The number of hydrogen-bond donors (Lipinski definition) is 0. The van der Waals surface area contributed by atoms with Gasteiger partial charge >= 0.3 is 0 Å². The minimum atomic E-state index is 1.10. The van der Waals surface area contributed by atoms with Gasteiger partial charge in [-0.15, -0.1) is 11.8 Å². The van der Waals surface area contributed by atoms with Gasteiger partial charge in [0.25, 0.3) is 0 Å². The molecule has 0 aromatic carbocycles. The molecular weight excluding hydrogens is 166 g/mol. The second-order valence-electron chi connectivity index (χ2n) is 2.45. The van der Waals surface area contributed by atoms with E-state index in [2.05, 4.69) is 38.1 Å². The molecular formula is C10H19NS. The van der Waals surface area contributed by atoms with Gasteiger partial charge < -0.3 is 4.90 Å². The van der Waals surface area contributed by atoms with Crippen molar-refractivity contribution < 1.29 is 0 Å². The van der Waals surface area contributed by atoms with Crippen LogP contribution in [-0.4, -0.2) is 17.7 Å². The van der Waals surface area contributed by atoms with E-state index in [-0.39, 0.29) is 0 Å². The summed E-state index contributed by atoms with van der Waals surface area (Å²) >= 11 is 1.90. The second kappa shape index (κ2) is 6.18. The highest BCUT2D eigenvalue weighted by Gasteiger charge is 2.03. The molecule has 12 heavy (non-hydrogen) atoms. The molecule has 0 aromatic rings. The predicted octanol–water partition coefficient (Wildman–Crippen LogP) is 3.46. The molecule has 0 spiro atoms. The Kier molecular flexibility index (Phi) is 5.99. The van der Waals surface area contributed by atoms with E-state index in [1.54, 1.807) is 0 Å². The highest BCUT2D eigenvalue weighted by molar-refractivity contribution is 8.03. The molecule has 0 aromatic heterocycles. The van der Waals surface area contributed by atoms with Gasteiger partial charge in [-0.1, -0.05) is 19.9 Å². The van der Waals surface area contributed by atoms with Crippen LogP contribution in [0.15, 0.2) is 22.9 Å². The molecule has 1 heterocycles. The lowest BCUT2D eigenvalue weighted by molar-refractivity contribution is 0.567. The van der Waals surface area contributed by atoms with Crippen molar-refractivity contribution in [3.05, 3.63) is 22.9 Å². The molecule has 70 valence electrons. The third kappa shape index (κ3) is 3.35. The van der Waals surface area contributed by atoms with E-state index in [9.17, 15) is 0 Å². The van der Waals surface area contributed by atoms with E-state index < -0.39 is 0 Å². The summed E-state index contributed by atoms with van der Waals surface area (Å²) in [7, 11) is 2.08. The van der Waals surface area contributed by atoms with Gasteiger partial charge in [0.15, 0.2) is 0 Å². The lowest BCUT2D eigenvalue weighted by Crippen LogP contribution is -2.06. The summed E-state index contributed by atoms with van der Waals surface area (Å²) in [5.41, 5.74) is 1.36. The van der Waals surface area contributed by atoms with Crippen molar-refractivity contribution in [2.45, 2.75) is 27.7 Å². The number of rotatable bonds is 0. The van der Waals surface area contributed by atoms with Crippen LogP contribution in [0.3, 0.4) is 0 Å². The van der Waals surface area contributed by atoms with Gasteiger partial charge in [0.05, 0.1) is 0 Å². The molecule has 1 aliphatic rings. The molecule has 0 unspecified atom stereocenters. The summed E-state index contributed by atoms with van der Waals surface area (Å²) in [6.07, 6.45) is 4.31. The van der Waals surface area contributed by atoms with Crippen molar-refractivity contribution in [1.82, 2.24) is 4.90 Å². The molecule has 2 heteroatoms. The Morgan fingerprint density at radius 3 is 2.50 bits per heavy atom. The van der Waals surface area contributed by atoms with Gasteiger partial charge in [0.1, 0.15) is 0 Å². The summed E-state index contributed by atoms with van der Waals surface area (Å²) < 4.78 is 0. The zero-order valence-corrected chi connectivity index (χ0v) is 9.53. The molecule has 0 atom stereocenters. The van der Waals surface area contributed by atoms with Crippen LogP contribution in [0, 0.1) is 0 Å². The number of hydrogen-bond acceptors (Lipinski definition) is 2. The fourth-order valence-electron chi connectivity index (χ4n) is 0.839. The highest BCUT2D eigenvalue weighted by Crippen LogP contribution is 2.23. The van der Waals surface area contributed by atoms with Crippen LogP contribution in [0.25, 0.3) is 0 Å². The highest BCUT2D eigenvalue weighted by atomic mass is 32.2. The standard InChI is InChI=1S/C8H13NS.C2H6/c1-7-8(2)10-6-4-5-9(7)3;1-2/h4-5H,6H2,1-3H3;1-2H3. The van der Waals surface area contributed by atoms with Gasteiger partial charge in [-0.25, -0.2) is 0 Å². The summed E-state index contributed by atoms with van der Waals surface area (Å²) in [5, 5.41) is 0. The molecule has 1 aliphatic heterocycles. The topological polar surface area (TPSA) is 3.24 Å². The van der Waals surface area contributed by atoms with Gasteiger partial charge in [0, 0.05) is 29.6 Å². The average Bonchev–Trinajstić information content (AvgIpc) is 2.24. The van der Waals surface area contributed by atoms with Crippen molar-refractivity contribution in [3.8, 4) is 0 Å². The summed E-state index contributed by atoms with van der Waals surface area (Å²) in [6.45, 7) is 8.32. The first-order valence-electron chi connectivity index (χ1n) is 4.41. The quantitative estimate of drug-likeness (QED) is 0.568. The van der Waals surface area contributed by atoms with Crippen molar-refractivity contribution in [2.24, 2.45) is 0 Å². The third-order valence-corrected chi connectivity index (χ3v) is 2.85. The van der Waals surface area contributed by atoms with E-state index in [1.807, 2.05) is 25.6 Å². The van der Waals surface area contributed by atoms with Crippen LogP contribution >= 0.6 is 11.8 Å². The van der Waals surface area contributed by atoms with Crippen molar-refractivity contribution in [3.63, 3.8) is 0 Å². The zero-order valence-electron chi connectivity index (χ0n) is 8.72. The van der Waals surface area contributed by atoms with Gasteiger partial charge in [-0.3, -0.25) is 0 Å². The minimum absolute atomic E-state index is 1.10. The normalized spacial score (nSPS) is 16.9. The van der Waals surface area contributed by atoms with Crippen LogP contribution in [0.5, 0.6) is 0 Å². The van der Waals surface area contributed by atoms with Crippen molar-refractivity contribution in [1.29, 1.82) is 0 Å². The Hall–Kier alpha value is -0.370. The van der Waals surface area contributed by atoms with Gasteiger partial charge in [-0.05, 0) is 13.8 Å². The van der Waals surface area contributed by atoms with Crippen LogP contribution in [-0.2, 0) is 0 Å². The molecule has 0 aliphatic carbocycles. The Morgan fingerprint density at radius 1 is 1.33 bits per heavy atom. The zero-order chi connectivity index (χ0) is 9.56. The van der Waals surface area contributed by atoms with Gasteiger partial charge in [0.2, 0.25) is 0 Å². The molecule has 1 nitrogen and oxygen atoms in total. The van der Waals surface area contributed by atoms with E-state index in [0.717, 1.165) is 5.75 Å². The first-order chi connectivity index (χ1) is 5.72. The monoisotopic (exact) mass is 185 g/mol. The van der Waals surface area contributed by atoms with E-state index in [1.165, 1.54) is 10.6 Å². The molecule has 1 rings (SSSR count). The molecule has 0 saturated heterocycles. The molecule has 0 saturated carbocycles. The Labute approximate surface area is 80.5 Å². The first kappa shape index (κ1) is 11.6. The average molecular weight is 185 g/mol. The van der Waals surface area contributed by atoms with Crippen LogP contribution in [0.4, 0.5) is 0 Å². The second-order valence-corrected chi connectivity index (χ2v) is 3.68. The minimum Gasteiger partial charge on any atom is -0.354 e. The maximum Gasteiger partial charge on any atom is 0.0232 e. The van der Waals surface area contributed by atoms with Crippen molar-refractivity contribution in [2.75, 3.05) is 12.8 Å². The van der Waals surface area contributed by atoms with Crippen LogP contribution < -0.4 is 0 Å². The fraction of sp³-hybridized carbons (Fsp3) is 0.600. The van der Waals surface area contributed by atoms with Crippen molar-refractivity contribution >= 4 is 11.8 Å². The Morgan fingerprint density at radius 2 is 1.92 bits per heavy atom. The molecule has 0 N–H and O–H groups in total. The number of allylic oxidation sites excluding steroid dienone is 2. The smallest absolute Gasteiger partial charge is 0.0232 e. The van der Waals surface area contributed by atoms with E-state index in [0.29, 0.717) is 0 Å². The van der Waals surface area contributed by atoms with E-state index >= 15 is 0 Å². The maximum absolute atomic E-state index is 2.19. The van der Waals surface area contributed by atoms with Gasteiger partial charge in [-0.2, -0.15) is 0 Å². The molecule has 0 bridgehead atoms. The lowest BCUT2D eigenvalue weighted by Gasteiger charge is -2.14. The predicted molar refractivity (Wildman–Crippen MR) is 59.1 cm³/mol. The van der Waals surface area contributed by atoms with Crippen LogP contribution in [0.2, 0.25) is 0 Å².